The number of halogens is 1. The molecule has 1 aliphatic rings. The molecule has 1 unspecified atom stereocenters. The Balaban J connectivity index is 1.26. The number of hydrogen-bond donors (Lipinski definition) is 2. The Morgan fingerprint density at radius 2 is 1.96 bits per heavy atom. The van der Waals surface area contributed by atoms with Gasteiger partial charge >= 0.3 is 5.69 Å². The van der Waals surface area contributed by atoms with Crippen molar-refractivity contribution < 1.29 is 9.18 Å². The summed E-state index contributed by atoms with van der Waals surface area (Å²) in [5.74, 6) is 0.0725. The number of carbonyl (C=O) groups is 1. The number of rotatable bonds is 6. The Bertz CT molecular complexity index is 1020. The zero-order chi connectivity index (χ0) is 19.5. The van der Waals surface area contributed by atoms with Crippen molar-refractivity contribution >= 4 is 22.6 Å². The molecule has 7 heteroatoms. The van der Waals surface area contributed by atoms with Gasteiger partial charge in [-0.1, -0.05) is 12.1 Å². The van der Waals surface area contributed by atoms with Crippen molar-refractivity contribution in [2.45, 2.75) is 19.4 Å². The number of H-pyrrole nitrogens is 1. The molecule has 28 heavy (non-hydrogen) atoms. The van der Waals surface area contributed by atoms with Crippen LogP contribution >= 0.6 is 0 Å². The summed E-state index contributed by atoms with van der Waals surface area (Å²) in [4.78, 5) is 29.3. The van der Waals surface area contributed by atoms with Gasteiger partial charge in [0.15, 0.2) is 0 Å². The van der Waals surface area contributed by atoms with Gasteiger partial charge in [0.2, 0.25) is 5.91 Å². The summed E-state index contributed by atoms with van der Waals surface area (Å²) in [6.45, 7) is 2.70. The molecule has 2 aromatic carbocycles. The predicted molar refractivity (Wildman–Crippen MR) is 107 cm³/mol. The van der Waals surface area contributed by atoms with Crippen LogP contribution in [0.2, 0.25) is 0 Å². The smallest absolute Gasteiger partial charge is 0.326 e. The summed E-state index contributed by atoms with van der Waals surface area (Å²) in [5, 5.41) is 2.98. The van der Waals surface area contributed by atoms with Gasteiger partial charge in [0.1, 0.15) is 5.82 Å². The molecule has 6 nitrogen and oxygen atoms in total. The zero-order valence-corrected chi connectivity index (χ0v) is 15.5. The summed E-state index contributed by atoms with van der Waals surface area (Å²) in [7, 11) is 0. The first-order valence-corrected chi connectivity index (χ1v) is 9.55. The van der Waals surface area contributed by atoms with E-state index in [1.54, 1.807) is 16.7 Å². The van der Waals surface area contributed by atoms with Crippen molar-refractivity contribution in [1.82, 2.24) is 14.9 Å². The van der Waals surface area contributed by atoms with Crippen LogP contribution in [0.25, 0.3) is 11.0 Å². The van der Waals surface area contributed by atoms with Crippen molar-refractivity contribution in [3.05, 3.63) is 64.8 Å². The lowest BCUT2D eigenvalue weighted by Gasteiger charge is -2.18. The third-order valence-corrected chi connectivity index (χ3v) is 5.31. The Labute approximate surface area is 162 Å². The fourth-order valence-electron chi connectivity index (χ4n) is 3.77. The topological polar surface area (TPSA) is 70.1 Å². The Morgan fingerprint density at radius 1 is 1.18 bits per heavy atom. The van der Waals surface area contributed by atoms with Crippen molar-refractivity contribution in [2.24, 2.45) is 5.92 Å². The third kappa shape index (κ3) is 3.93. The van der Waals surface area contributed by atoms with Crippen molar-refractivity contribution in [3.63, 3.8) is 0 Å². The monoisotopic (exact) mass is 382 g/mol. The van der Waals surface area contributed by atoms with E-state index in [-0.39, 0.29) is 23.8 Å². The number of nitrogens with one attached hydrogen (secondary N) is 2. The average Bonchev–Trinajstić information content (AvgIpc) is 3.29. The van der Waals surface area contributed by atoms with Gasteiger partial charge in [-0.3, -0.25) is 9.36 Å². The summed E-state index contributed by atoms with van der Waals surface area (Å²) < 4.78 is 14.7. The minimum absolute atomic E-state index is 0.0580. The number of para-hydroxylation sites is 2. The average molecular weight is 382 g/mol. The highest BCUT2D eigenvalue weighted by Gasteiger charge is 2.23. The molecule has 4 rings (SSSR count). The van der Waals surface area contributed by atoms with E-state index in [1.165, 1.54) is 12.1 Å². The van der Waals surface area contributed by atoms with Gasteiger partial charge in [-0.2, -0.15) is 0 Å². The fourth-order valence-corrected chi connectivity index (χ4v) is 3.77. The van der Waals surface area contributed by atoms with Gasteiger partial charge in [0, 0.05) is 38.3 Å². The van der Waals surface area contributed by atoms with E-state index in [2.05, 4.69) is 15.2 Å². The summed E-state index contributed by atoms with van der Waals surface area (Å²) in [6, 6.07) is 14.0. The third-order valence-electron chi connectivity index (χ3n) is 5.31. The number of anilines is 1. The molecule has 0 saturated carbocycles. The summed E-state index contributed by atoms with van der Waals surface area (Å²) in [5.41, 5.74) is 2.40. The van der Waals surface area contributed by atoms with E-state index in [0.717, 1.165) is 36.2 Å². The van der Waals surface area contributed by atoms with Gasteiger partial charge in [-0.25, -0.2) is 9.18 Å². The summed E-state index contributed by atoms with van der Waals surface area (Å²) in [6.07, 6.45) is 1.25. The quantitative estimate of drug-likeness (QED) is 0.688. The van der Waals surface area contributed by atoms with Crippen molar-refractivity contribution in [2.75, 3.05) is 24.5 Å². The first-order valence-electron chi connectivity index (χ1n) is 9.55. The van der Waals surface area contributed by atoms with E-state index < -0.39 is 0 Å². The lowest BCUT2D eigenvalue weighted by atomic mass is 10.1. The summed E-state index contributed by atoms with van der Waals surface area (Å²) >= 11 is 0. The molecule has 2 N–H and O–H groups in total. The van der Waals surface area contributed by atoms with Crippen LogP contribution in [-0.2, 0) is 11.3 Å². The number of aromatic amines is 1. The fraction of sp³-hybridized carbons (Fsp3) is 0.333. The highest BCUT2D eigenvalue weighted by Crippen LogP contribution is 2.23. The molecule has 2 heterocycles. The van der Waals surface area contributed by atoms with Crippen LogP contribution in [0.5, 0.6) is 0 Å². The second-order valence-corrected chi connectivity index (χ2v) is 7.23. The number of amides is 1. The molecule has 0 radical (unpaired) electrons. The van der Waals surface area contributed by atoms with Gasteiger partial charge in [-0.15, -0.1) is 0 Å². The van der Waals surface area contributed by atoms with Crippen molar-refractivity contribution in [1.29, 1.82) is 0 Å². The minimum atomic E-state index is -0.235. The first kappa shape index (κ1) is 18.3. The van der Waals surface area contributed by atoms with Crippen LogP contribution in [0.15, 0.2) is 53.3 Å². The minimum Gasteiger partial charge on any atom is -0.371 e. The van der Waals surface area contributed by atoms with Gasteiger partial charge in [0.25, 0.3) is 0 Å². The number of benzene rings is 2. The lowest BCUT2D eigenvalue weighted by molar-refractivity contribution is -0.121. The molecular formula is C21H23FN4O2. The standard InChI is InChI=1S/C21H23FN4O2/c22-16-5-7-17(8-6-16)25-11-9-15(14-25)13-23-20(27)10-12-26-19-4-2-1-3-18(19)24-21(26)28/h1-8,15H,9-14H2,(H,23,27)(H,24,28). The SMILES string of the molecule is O=C(CCn1c(=O)[nH]c2ccccc21)NCC1CCN(c2ccc(F)cc2)C1. The molecule has 1 fully saturated rings. The second-order valence-electron chi connectivity index (χ2n) is 7.23. The maximum atomic E-state index is 13.1. The van der Waals surface area contributed by atoms with E-state index >= 15 is 0 Å². The van der Waals surface area contributed by atoms with Crippen LogP contribution in [0.3, 0.4) is 0 Å². The number of aromatic nitrogens is 2. The van der Waals surface area contributed by atoms with Gasteiger partial charge < -0.3 is 15.2 Å². The van der Waals surface area contributed by atoms with Gasteiger partial charge in [0.05, 0.1) is 11.0 Å². The van der Waals surface area contributed by atoms with Crippen LogP contribution in [0.4, 0.5) is 10.1 Å². The van der Waals surface area contributed by atoms with Gasteiger partial charge in [-0.05, 0) is 48.7 Å². The Kier molecular flexibility index (Phi) is 5.14. The number of fused-ring (bicyclic) bond motifs is 1. The molecule has 1 aromatic heterocycles. The molecule has 0 aliphatic carbocycles. The molecule has 1 aliphatic heterocycles. The second kappa shape index (κ2) is 7.88. The highest BCUT2D eigenvalue weighted by molar-refractivity contribution is 5.77. The Hall–Kier alpha value is -3.09. The number of carbonyl (C=O) groups excluding carboxylic acids is 1. The molecule has 1 atom stereocenters. The molecule has 0 bridgehead atoms. The van der Waals surface area contributed by atoms with Crippen molar-refractivity contribution in [3.8, 4) is 0 Å². The van der Waals surface area contributed by atoms with E-state index in [9.17, 15) is 14.0 Å². The molecule has 0 spiro atoms. The Morgan fingerprint density at radius 3 is 2.79 bits per heavy atom. The molecular weight excluding hydrogens is 359 g/mol. The van der Waals surface area contributed by atoms with E-state index in [1.807, 2.05) is 24.3 Å². The molecule has 3 aromatic rings. The first-order chi connectivity index (χ1) is 13.6. The normalized spacial score (nSPS) is 16.6. The van der Waals surface area contributed by atoms with Crippen LogP contribution < -0.4 is 15.9 Å². The maximum absolute atomic E-state index is 13.1. The number of aryl methyl sites for hydroxylation is 1. The van der Waals surface area contributed by atoms with E-state index in [0.29, 0.717) is 19.0 Å². The predicted octanol–water partition coefficient (Wildman–Crippen LogP) is 2.50. The van der Waals surface area contributed by atoms with E-state index in [4.69, 9.17) is 0 Å². The van der Waals surface area contributed by atoms with Crippen LogP contribution in [-0.4, -0.2) is 35.1 Å². The van der Waals surface area contributed by atoms with Crippen LogP contribution in [0.1, 0.15) is 12.8 Å². The molecule has 1 amide bonds. The zero-order valence-electron chi connectivity index (χ0n) is 15.5. The molecule has 146 valence electrons. The number of hydrogen-bond acceptors (Lipinski definition) is 3. The van der Waals surface area contributed by atoms with Crippen LogP contribution in [0, 0.1) is 11.7 Å². The maximum Gasteiger partial charge on any atom is 0.326 e. The highest BCUT2D eigenvalue weighted by atomic mass is 19.1. The number of nitrogens with zero attached hydrogens (tertiary/aromatic N) is 2. The number of imidazole rings is 1. The largest absolute Gasteiger partial charge is 0.371 e. The lowest BCUT2D eigenvalue weighted by Crippen LogP contribution is -2.32. The molecule has 1 saturated heterocycles.